The van der Waals surface area contributed by atoms with Gasteiger partial charge in [0.25, 0.3) is 10.0 Å². The first-order chi connectivity index (χ1) is 8.38. The third-order valence-corrected chi connectivity index (χ3v) is 5.84. The molecule has 2 aromatic rings. The number of nitrogens with two attached hydrogens (primary N) is 1. The Balaban J connectivity index is 2.33. The number of rotatable bonds is 3. The van der Waals surface area contributed by atoms with Crippen LogP contribution < -0.4 is 10.5 Å². The smallest absolute Gasteiger partial charge is 0.271 e. The Bertz CT molecular complexity index is 685. The van der Waals surface area contributed by atoms with Crippen molar-refractivity contribution in [1.82, 2.24) is 0 Å². The summed E-state index contributed by atoms with van der Waals surface area (Å²) in [6.07, 6.45) is 0. The highest BCUT2D eigenvalue weighted by Gasteiger charge is 2.17. The molecule has 2 rings (SSSR count). The van der Waals surface area contributed by atoms with E-state index in [2.05, 4.69) is 20.7 Å². The van der Waals surface area contributed by atoms with Crippen molar-refractivity contribution in [2.75, 3.05) is 10.5 Å². The maximum absolute atomic E-state index is 12.0. The largest absolute Gasteiger partial charge is 0.399 e. The maximum Gasteiger partial charge on any atom is 0.271 e. The molecule has 1 aromatic carbocycles. The molecule has 96 valence electrons. The van der Waals surface area contributed by atoms with E-state index in [1.54, 1.807) is 12.1 Å². The molecular formula is C10H8BrClN2O2S2. The summed E-state index contributed by atoms with van der Waals surface area (Å²) >= 11 is 10.3. The summed E-state index contributed by atoms with van der Waals surface area (Å²) in [7, 11) is -3.61. The Morgan fingerprint density at radius 1 is 1.28 bits per heavy atom. The summed E-state index contributed by atoms with van der Waals surface area (Å²) in [5.41, 5.74) is 6.32. The van der Waals surface area contributed by atoms with Crippen LogP contribution >= 0.6 is 38.9 Å². The van der Waals surface area contributed by atoms with Gasteiger partial charge in [0.15, 0.2) is 0 Å². The fraction of sp³-hybridized carbons (Fsp3) is 0. The minimum Gasteiger partial charge on any atom is -0.399 e. The number of halogens is 2. The molecule has 18 heavy (non-hydrogen) atoms. The van der Waals surface area contributed by atoms with Gasteiger partial charge < -0.3 is 5.73 Å². The number of benzene rings is 1. The van der Waals surface area contributed by atoms with Gasteiger partial charge in [-0.05, 0) is 46.3 Å². The predicted octanol–water partition coefficient (Wildman–Crippen LogP) is 3.55. The van der Waals surface area contributed by atoms with E-state index in [4.69, 9.17) is 17.3 Å². The van der Waals surface area contributed by atoms with Gasteiger partial charge >= 0.3 is 0 Å². The average Bonchev–Trinajstić information content (AvgIpc) is 2.70. The molecule has 0 aliphatic heterocycles. The van der Waals surface area contributed by atoms with Crippen LogP contribution in [0.4, 0.5) is 11.4 Å². The second-order valence-electron chi connectivity index (χ2n) is 3.40. The highest BCUT2D eigenvalue weighted by Crippen LogP contribution is 2.30. The van der Waals surface area contributed by atoms with Gasteiger partial charge in [-0.3, -0.25) is 4.72 Å². The van der Waals surface area contributed by atoms with Crippen molar-refractivity contribution in [3.8, 4) is 0 Å². The summed E-state index contributed by atoms with van der Waals surface area (Å²) in [5, 5.41) is 0.259. The zero-order chi connectivity index (χ0) is 13.3. The molecule has 0 unspecified atom stereocenters. The van der Waals surface area contributed by atoms with Gasteiger partial charge in [0.2, 0.25) is 0 Å². The van der Waals surface area contributed by atoms with Crippen molar-refractivity contribution in [3.05, 3.63) is 39.1 Å². The lowest BCUT2D eigenvalue weighted by atomic mass is 10.3. The minimum atomic E-state index is -3.61. The zero-order valence-corrected chi connectivity index (χ0v) is 12.8. The molecule has 4 nitrogen and oxygen atoms in total. The lowest BCUT2D eigenvalue weighted by Gasteiger charge is -2.08. The van der Waals surface area contributed by atoms with Crippen LogP contribution in [0, 0.1) is 0 Å². The first kappa shape index (κ1) is 13.7. The molecule has 0 bridgehead atoms. The molecule has 0 aliphatic carbocycles. The normalized spacial score (nSPS) is 11.4. The Labute approximate surface area is 122 Å². The number of sulfonamides is 1. The van der Waals surface area contributed by atoms with E-state index in [1.165, 1.54) is 18.2 Å². The van der Waals surface area contributed by atoms with Crippen LogP contribution in [0.25, 0.3) is 0 Å². The molecule has 3 N–H and O–H groups in total. The minimum absolute atomic E-state index is 0.210. The lowest BCUT2D eigenvalue weighted by Crippen LogP contribution is -2.11. The fourth-order valence-corrected chi connectivity index (χ4v) is 4.63. The summed E-state index contributed by atoms with van der Waals surface area (Å²) < 4.78 is 27.5. The fourth-order valence-electron chi connectivity index (χ4n) is 1.25. The highest BCUT2D eigenvalue weighted by atomic mass is 79.9. The molecule has 0 saturated heterocycles. The van der Waals surface area contributed by atoms with E-state index >= 15 is 0 Å². The molecule has 1 heterocycles. The van der Waals surface area contributed by atoms with Gasteiger partial charge in [-0.25, -0.2) is 8.42 Å². The van der Waals surface area contributed by atoms with Gasteiger partial charge in [-0.1, -0.05) is 11.6 Å². The summed E-state index contributed by atoms with van der Waals surface area (Å²) in [6.45, 7) is 0. The van der Waals surface area contributed by atoms with Crippen molar-refractivity contribution in [2.24, 2.45) is 0 Å². The number of nitrogen functional groups attached to an aromatic ring is 1. The van der Waals surface area contributed by atoms with Crippen molar-refractivity contribution in [1.29, 1.82) is 0 Å². The van der Waals surface area contributed by atoms with Gasteiger partial charge in [0.1, 0.15) is 4.21 Å². The van der Waals surface area contributed by atoms with Crippen molar-refractivity contribution < 1.29 is 8.42 Å². The average molecular weight is 368 g/mol. The van der Waals surface area contributed by atoms with E-state index in [-0.39, 0.29) is 9.23 Å². The SMILES string of the molecule is Nc1ccc(NS(=O)(=O)c2ccc(Br)s2)c(Cl)c1. The van der Waals surface area contributed by atoms with E-state index < -0.39 is 10.0 Å². The number of anilines is 2. The number of nitrogens with one attached hydrogen (secondary N) is 1. The summed E-state index contributed by atoms with van der Waals surface area (Å²) in [6, 6.07) is 7.78. The van der Waals surface area contributed by atoms with Gasteiger partial charge in [0.05, 0.1) is 14.5 Å². The predicted molar refractivity (Wildman–Crippen MR) is 78.7 cm³/mol. The monoisotopic (exact) mass is 366 g/mol. The second-order valence-corrected chi connectivity index (χ2v) is 8.18. The van der Waals surface area contributed by atoms with Crippen molar-refractivity contribution in [3.63, 3.8) is 0 Å². The topological polar surface area (TPSA) is 72.2 Å². The molecule has 0 spiro atoms. The maximum atomic E-state index is 12.0. The van der Waals surface area contributed by atoms with Gasteiger partial charge in [0, 0.05) is 5.69 Å². The van der Waals surface area contributed by atoms with E-state index in [1.807, 2.05) is 0 Å². The lowest BCUT2D eigenvalue weighted by molar-refractivity contribution is 0.603. The Morgan fingerprint density at radius 3 is 2.56 bits per heavy atom. The third-order valence-electron chi connectivity index (χ3n) is 2.05. The molecule has 0 atom stereocenters. The first-order valence-corrected chi connectivity index (χ1v) is 8.19. The van der Waals surface area contributed by atoms with E-state index in [0.717, 1.165) is 15.1 Å². The van der Waals surface area contributed by atoms with E-state index in [0.29, 0.717) is 11.4 Å². The second kappa shape index (κ2) is 5.08. The van der Waals surface area contributed by atoms with Crippen molar-refractivity contribution >= 4 is 60.3 Å². The molecule has 0 fully saturated rings. The quantitative estimate of drug-likeness (QED) is 0.815. The number of hydrogen-bond acceptors (Lipinski definition) is 4. The molecule has 1 aromatic heterocycles. The summed E-state index contributed by atoms with van der Waals surface area (Å²) in [4.78, 5) is 0. The molecule has 0 amide bonds. The standard InChI is InChI=1S/C10H8BrClN2O2S2/c11-9-3-4-10(17-9)18(15,16)14-8-2-1-6(13)5-7(8)12/h1-5,14H,13H2. The van der Waals surface area contributed by atoms with Crippen LogP contribution in [0.3, 0.4) is 0 Å². The Morgan fingerprint density at radius 2 is 2.00 bits per heavy atom. The van der Waals surface area contributed by atoms with Crippen LogP contribution in [0.5, 0.6) is 0 Å². The summed E-state index contributed by atoms with van der Waals surface area (Å²) in [5.74, 6) is 0. The van der Waals surface area contributed by atoms with E-state index in [9.17, 15) is 8.42 Å². The number of thiophene rings is 1. The molecule has 0 radical (unpaired) electrons. The van der Waals surface area contributed by atoms with Crippen LogP contribution in [0.15, 0.2) is 38.3 Å². The van der Waals surface area contributed by atoms with Crippen LogP contribution in [-0.2, 0) is 10.0 Å². The van der Waals surface area contributed by atoms with Crippen LogP contribution in [0.2, 0.25) is 5.02 Å². The third kappa shape index (κ3) is 2.97. The Hall–Kier alpha value is -0.760. The zero-order valence-electron chi connectivity index (χ0n) is 8.85. The van der Waals surface area contributed by atoms with Crippen LogP contribution in [0.1, 0.15) is 0 Å². The van der Waals surface area contributed by atoms with Crippen LogP contribution in [-0.4, -0.2) is 8.42 Å². The Kier molecular flexibility index (Phi) is 3.86. The number of hydrogen-bond donors (Lipinski definition) is 2. The molecule has 8 heteroatoms. The van der Waals surface area contributed by atoms with Gasteiger partial charge in [-0.2, -0.15) is 0 Å². The molecule has 0 saturated carbocycles. The van der Waals surface area contributed by atoms with Crippen molar-refractivity contribution in [2.45, 2.75) is 4.21 Å². The highest BCUT2D eigenvalue weighted by molar-refractivity contribution is 9.11. The molecular weight excluding hydrogens is 360 g/mol. The first-order valence-electron chi connectivity index (χ1n) is 4.72. The van der Waals surface area contributed by atoms with Gasteiger partial charge in [-0.15, -0.1) is 11.3 Å². The molecule has 0 aliphatic rings.